The van der Waals surface area contributed by atoms with Gasteiger partial charge in [0.1, 0.15) is 0 Å². The molecule has 0 unspecified atom stereocenters. The molecule has 0 saturated heterocycles. The molecule has 1 aromatic heterocycles. The minimum Gasteiger partial charge on any atom is -0.481 e. The van der Waals surface area contributed by atoms with Gasteiger partial charge in [0.2, 0.25) is 0 Å². The highest BCUT2D eigenvalue weighted by Gasteiger charge is 2.08. The van der Waals surface area contributed by atoms with Crippen LogP contribution in [-0.2, 0) is 17.8 Å². The van der Waals surface area contributed by atoms with Gasteiger partial charge in [-0.15, -0.1) is 0 Å². The summed E-state index contributed by atoms with van der Waals surface area (Å²) in [6, 6.07) is 8.16. The summed E-state index contributed by atoms with van der Waals surface area (Å²) in [6.45, 7) is 4.99. The summed E-state index contributed by atoms with van der Waals surface area (Å²) in [7, 11) is 0. The zero-order valence-electron chi connectivity index (χ0n) is 11.4. The molecule has 2 aromatic rings. The topological polar surface area (TPSA) is 42.2 Å². The molecule has 0 spiro atoms. The van der Waals surface area contributed by atoms with E-state index < -0.39 is 5.97 Å². The van der Waals surface area contributed by atoms with Gasteiger partial charge in [-0.05, 0) is 31.9 Å². The fourth-order valence-corrected chi connectivity index (χ4v) is 2.20. The maximum atomic E-state index is 10.7. The predicted molar refractivity (Wildman–Crippen MR) is 77.3 cm³/mol. The van der Waals surface area contributed by atoms with E-state index in [1.807, 2.05) is 12.1 Å². The van der Waals surface area contributed by atoms with Crippen LogP contribution in [-0.4, -0.2) is 15.6 Å². The van der Waals surface area contributed by atoms with Crippen LogP contribution in [0.15, 0.2) is 42.1 Å². The van der Waals surface area contributed by atoms with Gasteiger partial charge < -0.3 is 9.67 Å². The molecule has 1 N–H and O–H groups in total. The largest absolute Gasteiger partial charge is 0.481 e. The maximum absolute atomic E-state index is 10.7. The Morgan fingerprint density at radius 3 is 2.74 bits per heavy atom. The zero-order valence-corrected chi connectivity index (χ0v) is 11.4. The second-order valence-corrected chi connectivity index (χ2v) is 5.00. The first kappa shape index (κ1) is 13.4. The SMILES string of the molecule is CC(C)=CCn1cc(CCC(=O)O)c2ccccc21. The van der Waals surface area contributed by atoms with Gasteiger partial charge in [0.25, 0.3) is 0 Å². The van der Waals surface area contributed by atoms with Crippen LogP contribution >= 0.6 is 0 Å². The molecule has 1 aromatic carbocycles. The summed E-state index contributed by atoms with van der Waals surface area (Å²) < 4.78 is 2.18. The first-order chi connectivity index (χ1) is 9.08. The molecule has 0 bridgehead atoms. The van der Waals surface area contributed by atoms with Crippen LogP contribution in [0.4, 0.5) is 0 Å². The van der Waals surface area contributed by atoms with E-state index in [2.05, 4.69) is 42.8 Å². The van der Waals surface area contributed by atoms with E-state index in [-0.39, 0.29) is 6.42 Å². The lowest BCUT2D eigenvalue weighted by Gasteiger charge is -2.01. The molecule has 3 nitrogen and oxygen atoms in total. The highest BCUT2D eigenvalue weighted by molar-refractivity contribution is 5.84. The average molecular weight is 257 g/mol. The van der Waals surface area contributed by atoms with Crippen molar-refractivity contribution in [2.24, 2.45) is 0 Å². The number of rotatable bonds is 5. The number of aromatic nitrogens is 1. The van der Waals surface area contributed by atoms with Crippen LogP contribution in [0, 0.1) is 0 Å². The van der Waals surface area contributed by atoms with Gasteiger partial charge in [0, 0.05) is 30.1 Å². The number of carboxylic acid groups (broad SMARTS) is 1. The molecule has 0 aliphatic carbocycles. The third-order valence-electron chi connectivity index (χ3n) is 3.18. The first-order valence-electron chi connectivity index (χ1n) is 6.50. The van der Waals surface area contributed by atoms with Gasteiger partial charge in [-0.2, -0.15) is 0 Å². The second kappa shape index (κ2) is 5.74. The van der Waals surface area contributed by atoms with E-state index in [0.29, 0.717) is 6.42 Å². The Balaban J connectivity index is 2.36. The van der Waals surface area contributed by atoms with E-state index in [1.165, 1.54) is 11.1 Å². The van der Waals surface area contributed by atoms with Crippen molar-refractivity contribution >= 4 is 16.9 Å². The van der Waals surface area contributed by atoms with E-state index in [1.54, 1.807) is 0 Å². The summed E-state index contributed by atoms with van der Waals surface area (Å²) in [5, 5.41) is 9.97. The number of carboxylic acids is 1. The third kappa shape index (κ3) is 3.25. The predicted octanol–water partition coefficient (Wildman–Crippen LogP) is 3.62. The van der Waals surface area contributed by atoms with E-state index in [4.69, 9.17) is 5.11 Å². The summed E-state index contributed by atoms with van der Waals surface area (Å²) in [4.78, 5) is 10.7. The molecular weight excluding hydrogens is 238 g/mol. The lowest BCUT2D eigenvalue weighted by Crippen LogP contribution is -1.97. The van der Waals surface area contributed by atoms with Crippen molar-refractivity contribution in [1.82, 2.24) is 4.57 Å². The van der Waals surface area contributed by atoms with Crippen molar-refractivity contribution in [3.63, 3.8) is 0 Å². The minimum atomic E-state index is -0.749. The van der Waals surface area contributed by atoms with Crippen molar-refractivity contribution in [2.75, 3.05) is 0 Å². The lowest BCUT2D eigenvalue weighted by atomic mass is 10.1. The molecule has 0 amide bonds. The maximum Gasteiger partial charge on any atom is 0.303 e. The van der Waals surface area contributed by atoms with Crippen LogP contribution in [0.2, 0.25) is 0 Å². The minimum absolute atomic E-state index is 0.177. The van der Waals surface area contributed by atoms with Crippen molar-refractivity contribution in [2.45, 2.75) is 33.2 Å². The highest BCUT2D eigenvalue weighted by Crippen LogP contribution is 2.22. The Morgan fingerprint density at radius 1 is 1.32 bits per heavy atom. The Bertz CT molecular complexity index is 619. The molecule has 100 valence electrons. The van der Waals surface area contributed by atoms with Crippen LogP contribution in [0.1, 0.15) is 25.8 Å². The zero-order chi connectivity index (χ0) is 13.8. The molecule has 0 aliphatic rings. The van der Waals surface area contributed by atoms with E-state index in [9.17, 15) is 4.79 Å². The monoisotopic (exact) mass is 257 g/mol. The quantitative estimate of drug-likeness (QED) is 0.831. The molecule has 0 saturated carbocycles. The number of carbonyl (C=O) groups is 1. The van der Waals surface area contributed by atoms with Gasteiger partial charge in [-0.25, -0.2) is 0 Å². The van der Waals surface area contributed by atoms with Gasteiger partial charge >= 0.3 is 5.97 Å². The number of benzene rings is 1. The number of fused-ring (bicyclic) bond motifs is 1. The summed E-state index contributed by atoms with van der Waals surface area (Å²) in [5.74, 6) is -0.749. The summed E-state index contributed by atoms with van der Waals surface area (Å²) >= 11 is 0. The van der Waals surface area contributed by atoms with Gasteiger partial charge in [0.15, 0.2) is 0 Å². The van der Waals surface area contributed by atoms with Crippen molar-refractivity contribution in [3.8, 4) is 0 Å². The number of allylic oxidation sites excluding steroid dienone is 2. The van der Waals surface area contributed by atoms with Gasteiger partial charge in [-0.1, -0.05) is 29.8 Å². The van der Waals surface area contributed by atoms with Crippen molar-refractivity contribution < 1.29 is 9.90 Å². The molecule has 1 heterocycles. The number of hydrogen-bond acceptors (Lipinski definition) is 1. The van der Waals surface area contributed by atoms with Gasteiger partial charge in [0.05, 0.1) is 0 Å². The molecule has 3 heteroatoms. The Kier molecular flexibility index (Phi) is 4.05. The average Bonchev–Trinajstić information content (AvgIpc) is 2.72. The fourth-order valence-electron chi connectivity index (χ4n) is 2.20. The third-order valence-corrected chi connectivity index (χ3v) is 3.18. The Hall–Kier alpha value is -2.03. The van der Waals surface area contributed by atoms with Crippen LogP contribution in [0.25, 0.3) is 10.9 Å². The number of aliphatic carboxylic acids is 1. The Morgan fingerprint density at radius 2 is 2.05 bits per heavy atom. The molecule has 0 radical (unpaired) electrons. The molecule has 0 aliphatic heterocycles. The molecule has 0 atom stereocenters. The Labute approximate surface area is 113 Å². The number of aryl methyl sites for hydroxylation is 1. The fraction of sp³-hybridized carbons (Fsp3) is 0.312. The van der Waals surface area contributed by atoms with Crippen LogP contribution in [0.3, 0.4) is 0 Å². The molecule has 0 fully saturated rings. The summed E-state index contributed by atoms with van der Waals surface area (Å²) in [5.41, 5.74) is 3.56. The first-order valence-corrected chi connectivity index (χ1v) is 6.50. The summed E-state index contributed by atoms with van der Waals surface area (Å²) in [6.07, 6.45) is 5.01. The standard InChI is InChI=1S/C16H19NO2/c1-12(2)9-10-17-11-13(7-8-16(18)19)14-5-3-4-6-15(14)17/h3-6,9,11H,7-8,10H2,1-2H3,(H,18,19). The van der Waals surface area contributed by atoms with E-state index in [0.717, 1.165) is 17.5 Å². The second-order valence-electron chi connectivity index (χ2n) is 5.00. The number of hydrogen-bond donors (Lipinski definition) is 1. The molecular formula is C16H19NO2. The molecule has 19 heavy (non-hydrogen) atoms. The highest BCUT2D eigenvalue weighted by atomic mass is 16.4. The van der Waals surface area contributed by atoms with Crippen LogP contribution in [0.5, 0.6) is 0 Å². The smallest absolute Gasteiger partial charge is 0.303 e. The molecule has 2 rings (SSSR count). The van der Waals surface area contributed by atoms with E-state index >= 15 is 0 Å². The number of para-hydroxylation sites is 1. The lowest BCUT2D eigenvalue weighted by molar-refractivity contribution is -0.136. The normalized spacial score (nSPS) is 10.6. The van der Waals surface area contributed by atoms with Crippen molar-refractivity contribution in [1.29, 1.82) is 0 Å². The van der Waals surface area contributed by atoms with Gasteiger partial charge in [-0.3, -0.25) is 4.79 Å². The number of nitrogens with zero attached hydrogens (tertiary/aromatic N) is 1. The van der Waals surface area contributed by atoms with Crippen LogP contribution < -0.4 is 0 Å². The van der Waals surface area contributed by atoms with Crippen molar-refractivity contribution in [3.05, 3.63) is 47.7 Å².